The van der Waals surface area contributed by atoms with E-state index in [-0.39, 0.29) is 0 Å². The van der Waals surface area contributed by atoms with Crippen molar-refractivity contribution in [3.8, 4) is 0 Å². The van der Waals surface area contributed by atoms with E-state index in [1.165, 1.54) is 25.8 Å². The smallest absolute Gasteiger partial charge is 0.0691 e. The van der Waals surface area contributed by atoms with E-state index in [1.807, 2.05) is 0 Å². The maximum absolute atomic E-state index is 5.63. The molecule has 1 N–H and O–H groups in total. The Morgan fingerprint density at radius 3 is 3.09 bits per heavy atom. The second kappa shape index (κ2) is 3.04. The summed E-state index contributed by atoms with van der Waals surface area (Å²) in [5.74, 6) is 0. The minimum atomic E-state index is 0.360. The molecule has 11 heavy (non-hydrogen) atoms. The van der Waals surface area contributed by atoms with Crippen LogP contribution in [0.5, 0.6) is 0 Å². The second-order valence-electron chi connectivity index (χ2n) is 3.60. The molecule has 0 aromatic rings. The minimum Gasteiger partial charge on any atom is -0.375 e. The summed E-state index contributed by atoms with van der Waals surface area (Å²) in [5, 5.41) is 4.53. The first-order chi connectivity index (χ1) is 5.35. The monoisotopic (exact) mass is 219 g/mol. The molecule has 0 saturated carbocycles. The third-order valence-corrected chi connectivity index (χ3v) is 3.44. The van der Waals surface area contributed by atoms with Crippen LogP contribution < -0.4 is 5.32 Å². The number of nitrogens with one attached hydrogen (secondary N) is 1. The van der Waals surface area contributed by atoms with Gasteiger partial charge in [-0.25, -0.2) is 0 Å². The Hall–Kier alpha value is 0.400. The molecule has 0 bridgehead atoms. The fourth-order valence-electron chi connectivity index (χ4n) is 2.10. The van der Waals surface area contributed by atoms with E-state index in [0.717, 1.165) is 11.9 Å². The Balaban J connectivity index is 1.96. The lowest BCUT2D eigenvalue weighted by Gasteiger charge is -2.20. The van der Waals surface area contributed by atoms with Gasteiger partial charge in [0.25, 0.3) is 0 Å². The number of hydrogen-bond acceptors (Lipinski definition) is 2. The van der Waals surface area contributed by atoms with Crippen LogP contribution in [0, 0.1) is 0 Å². The SMILES string of the molecule is BrC[C@H]1C[C@@]2(CCCN2)CO1. The molecule has 2 saturated heterocycles. The summed E-state index contributed by atoms with van der Waals surface area (Å²) in [4.78, 5) is 0. The van der Waals surface area contributed by atoms with Gasteiger partial charge in [0, 0.05) is 10.9 Å². The highest BCUT2D eigenvalue weighted by Crippen LogP contribution is 2.32. The van der Waals surface area contributed by atoms with Gasteiger partial charge >= 0.3 is 0 Å². The van der Waals surface area contributed by atoms with E-state index in [1.54, 1.807) is 0 Å². The summed E-state index contributed by atoms with van der Waals surface area (Å²) in [5.41, 5.74) is 0.360. The van der Waals surface area contributed by atoms with Gasteiger partial charge in [0.15, 0.2) is 0 Å². The molecule has 2 nitrogen and oxygen atoms in total. The van der Waals surface area contributed by atoms with Crippen LogP contribution in [0.1, 0.15) is 19.3 Å². The predicted molar refractivity (Wildman–Crippen MR) is 48.1 cm³/mol. The Bertz CT molecular complexity index is 145. The summed E-state index contributed by atoms with van der Waals surface area (Å²) >= 11 is 3.45. The molecule has 2 atom stereocenters. The molecule has 0 aromatic carbocycles. The van der Waals surface area contributed by atoms with E-state index >= 15 is 0 Å². The van der Waals surface area contributed by atoms with Crippen molar-refractivity contribution in [3.63, 3.8) is 0 Å². The van der Waals surface area contributed by atoms with Crippen molar-refractivity contribution in [1.29, 1.82) is 0 Å². The topological polar surface area (TPSA) is 21.3 Å². The number of ether oxygens (including phenoxy) is 1. The first kappa shape index (κ1) is 8.02. The minimum absolute atomic E-state index is 0.360. The molecular weight excluding hydrogens is 206 g/mol. The van der Waals surface area contributed by atoms with Crippen molar-refractivity contribution in [2.45, 2.75) is 30.9 Å². The van der Waals surface area contributed by atoms with Gasteiger partial charge in [-0.3, -0.25) is 0 Å². The molecule has 0 aliphatic carbocycles. The van der Waals surface area contributed by atoms with E-state index in [4.69, 9.17) is 4.74 Å². The first-order valence-corrected chi connectivity index (χ1v) is 5.39. The largest absolute Gasteiger partial charge is 0.375 e. The summed E-state index contributed by atoms with van der Waals surface area (Å²) in [6, 6.07) is 0. The standard InChI is InChI=1S/C8H14BrNO/c9-5-7-4-8(6-11-7)2-1-3-10-8/h7,10H,1-6H2/t7-,8+/m1/s1. The Morgan fingerprint density at radius 1 is 1.64 bits per heavy atom. The molecule has 0 amide bonds. The van der Waals surface area contributed by atoms with Gasteiger partial charge in [0.1, 0.15) is 0 Å². The Morgan fingerprint density at radius 2 is 2.55 bits per heavy atom. The van der Waals surface area contributed by atoms with Crippen LogP contribution in [0.2, 0.25) is 0 Å². The molecule has 0 aromatic heterocycles. The van der Waals surface area contributed by atoms with Crippen LogP contribution in [0.25, 0.3) is 0 Å². The van der Waals surface area contributed by atoms with Crippen LogP contribution >= 0.6 is 15.9 Å². The van der Waals surface area contributed by atoms with Crippen LogP contribution in [0.4, 0.5) is 0 Å². The van der Waals surface area contributed by atoms with Gasteiger partial charge in [0.05, 0.1) is 12.7 Å². The highest BCUT2D eigenvalue weighted by atomic mass is 79.9. The molecule has 0 radical (unpaired) electrons. The zero-order valence-electron chi connectivity index (χ0n) is 6.61. The first-order valence-electron chi connectivity index (χ1n) is 4.27. The molecule has 2 aliphatic rings. The lowest BCUT2D eigenvalue weighted by Crippen LogP contribution is -2.40. The van der Waals surface area contributed by atoms with Crippen LogP contribution in [-0.2, 0) is 4.74 Å². The van der Waals surface area contributed by atoms with Gasteiger partial charge in [-0.15, -0.1) is 0 Å². The van der Waals surface area contributed by atoms with Gasteiger partial charge in [-0.2, -0.15) is 0 Å². The lowest BCUT2D eigenvalue weighted by molar-refractivity contribution is 0.118. The fourth-order valence-corrected chi connectivity index (χ4v) is 2.51. The quantitative estimate of drug-likeness (QED) is 0.672. The van der Waals surface area contributed by atoms with Gasteiger partial charge in [-0.05, 0) is 25.8 Å². The summed E-state index contributed by atoms with van der Waals surface area (Å²) < 4.78 is 5.63. The fraction of sp³-hybridized carbons (Fsp3) is 1.00. The van der Waals surface area contributed by atoms with Crippen LogP contribution in [0.15, 0.2) is 0 Å². The maximum atomic E-state index is 5.63. The zero-order chi connectivity index (χ0) is 7.73. The lowest BCUT2D eigenvalue weighted by atomic mass is 9.95. The van der Waals surface area contributed by atoms with E-state index in [0.29, 0.717) is 11.6 Å². The molecule has 2 rings (SSSR count). The number of alkyl halides is 1. The van der Waals surface area contributed by atoms with Gasteiger partial charge < -0.3 is 10.1 Å². The highest BCUT2D eigenvalue weighted by molar-refractivity contribution is 9.09. The van der Waals surface area contributed by atoms with E-state index in [2.05, 4.69) is 21.2 Å². The summed E-state index contributed by atoms with van der Waals surface area (Å²) in [7, 11) is 0. The summed E-state index contributed by atoms with van der Waals surface area (Å²) in [6.07, 6.45) is 4.26. The van der Waals surface area contributed by atoms with Gasteiger partial charge in [-0.1, -0.05) is 15.9 Å². The van der Waals surface area contributed by atoms with Crippen LogP contribution in [0.3, 0.4) is 0 Å². The number of hydrogen-bond donors (Lipinski definition) is 1. The third kappa shape index (κ3) is 1.46. The average Bonchev–Trinajstić information content (AvgIpc) is 2.62. The Kier molecular flexibility index (Phi) is 2.21. The second-order valence-corrected chi connectivity index (χ2v) is 4.25. The molecular formula is C8H14BrNO. The van der Waals surface area contributed by atoms with E-state index in [9.17, 15) is 0 Å². The van der Waals surface area contributed by atoms with Gasteiger partial charge in [0.2, 0.25) is 0 Å². The molecule has 64 valence electrons. The molecule has 3 heteroatoms. The van der Waals surface area contributed by atoms with Crippen molar-refractivity contribution in [2.24, 2.45) is 0 Å². The Labute approximate surface area is 75.8 Å². The van der Waals surface area contributed by atoms with Crippen molar-refractivity contribution < 1.29 is 4.74 Å². The average molecular weight is 220 g/mol. The molecule has 1 spiro atoms. The molecule has 2 aliphatic heterocycles. The van der Waals surface area contributed by atoms with Crippen LogP contribution in [-0.4, -0.2) is 30.1 Å². The van der Waals surface area contributed by atoms with Crippen molar-refractivity contribution in [1.82, 2.24) is 5.32 Å². The highest BCUT2D eigenvalue weighted by Gasteiger charge is 2.41. The van der Waals surface area contributed by atoms with Crippen molar-refractivity contribution in [3.05, 3.63) is 0 Å². The molecule has 2 fully saturated rings. The zero-order valence-corrected chi connectivity index (χ0v) is 8.19. The number of rotatable bonds is 1. The molecule has 0 unspecified atom stereocenters. The third-order valence-electron chi connectivity index (χ3n) is 2.72. The van der Waals surface area contributed by atoms with Crippen molar-refractivity contribution in [2.75, 3.05) is 18.5 Å². The normalized spacial score (nSPS) is 43.9. The summed E-state index contributed by atoms with van der Waals surface area (Å²) in [6.45, 7) is 2.10. The molecule has 2 heterocycles. The van der Waals surface area contributed by atoms with Crippen molar-refractivity contribution >= 4 is 15.9 Å². The number of halogens is 1. The van der Waals surface area contributed by atoms with E-state index < -0.39 is 0 Å². The maximum Gasteiger partial charge on any atom is 0.0691 e. The predicted octanol–water partition coefficient (Wildman–Crippen LogP) is 1.29.